The first-order valence-electron chi connectivity index (χ1n) is 5.89. The van der Waals surface area contributed by atoms with Crippen LogP contribution in [-0.4, -0.2) is 17.1 Å². The normalized spacial score (nSPS) is 11.9. The highest BCUT2D eigenvalue weighted by atomic mass is 16.5. The average Bonchev–Trinajstić information content (AvgIpc) is 2.37. The summed E-state index contributed by atoms with van der Waals surface area (Å²) < 4.78 is 5.12. The maximum atomic E-state index is 5.62. The molecule has 0 aliphatic carbocycles. The Bertz CT molecular complexity index is 535. The van der Waals surface area contributed by atoms with Crippen molar-refractivity contribution in [3.8, 4) is 5.75 Å². The molecule has 1 unspecified atom stereocenters. The summed E-state index contributed by atoms with van der Waals surface area (Å²) in [6.45, 7) is 2.02. The summed E-state index contributed by atoms with van der Waals surface area (Å²) in [7, 11) is 1.64. The van der Waals surface area contributed by atoms with Gasteiger partial charge in [-0.2, -0.15) is 9.97 Å². The van der Waals surface area contributed by atoms with Crippen molar-refractivity contribution in [2.75, 3.05) is 23.9 Å². The van der Waals surface area contributed by atoms with Crippen LogP contribution in [0.25, 0.3) is 0 Å². The van der Waals surface area contributed by atoms with Crippen LogP contribution in [-0.2, 0) is 0 Å². The zero-order valence-electron chi connectivity index (χ0n) is 10.9. The Morgan fingerprint density at radius 1 is 1.16 bits per heavy atom. The molecule has 0 bridgehead atoms. The molecule has 2 rings (SSSR count). The summed E-state index contributed by atoms with van der Waals surface area (Å²) in [4.78, 5) is 7.91. The lowest BCUT2D eigenvalue weighted by molar-refractivity contribution is 0.414. The van der Waals surface area contributed by atoms with Crippen LogP contribution in [0.2, 0.25) is 0 Å². The second kappa shape index (κ2) is 5.43. The molecule has 2 aromatic rings. The Labute approximate surface area is 111 Å². The third-order valence-corrected chi connectivity index (χ3v) is 2.74. The number of nitrogen functional groups attached to an aromatic ring is 2. The molecule has 0 aliphatic heterocycles. The van der Waals surface area contributed by atoms with Gasteiger partial charge in [-0.25, -0.2) is 0 Å². The highest BCUT2D eigenvalue weighted by Crippen LogP contribution is 2.21. The molecule has 6 heteroatoms. The van der Waals surface area contributed by atoms with Crippen LogP contribution in [0.1, 0.15) is 18.5 Å². The molecular formula is C13H17N5O. The SMILES string of the molecule is COc1ccc(C(C)Nc2cc(N)nc(N)n2)cc1. The number of hydrogen-bond acceptors (Lipinski definition) is 6. The smallest absolute Gasteiger partial charge is 0.223 e. The van der Waals surface area contributed by atoms with E-state index in [9.17, 15) is 0 Å². The standard InChI is InChI=1S/C13H17N5O/c1-8(9-3-5-10(19-2)6-4-9)16-12-7-11(14)17-13(15)18-12/h3-8H,1-2H3,(H5,14,15,16,17,18). The minimum atomic E-state index is 0.0691. The number of anilines is 3. The van der Waals surface area contributed by atoms with Gasteiger partial charge in [0.05, 0.1) is 7.11 Å². The quantitative estimate of drug-likeness (QED) is 0.774. The summed E-state index contributed by atoms with van der Waals surface area (Å²) in [5.74, 6) is 1.93. The molecule has 0 saturated heterocycles. The highest BCUT2D eigenvalue weighted by molar-refractivity contribution is 5.49. The van der Waals surface area contributed by atoms with Crippen molar-refractivity contribution in [2.45, 2.75) is 13.0 Å². The maximum Gasteiger partial charge on any atom is 0.223 e. The Morgan fingerprint density at radius 2 is 1.84 bits per heavy atom. The Hall–Kier alpha value is -2.50. The monoisotopic (exact) mass is 259 g/mol. The van der Waals surface area contributed by atoms with Crippen LogP contribution >= 0.6 is 0 Å². The van der Waals surface area contributed by atoms with Gasteiger partial charge in [0.25, 0.3) is 0 Å². The van der Waals surface area contributed by atoms with Crippen LogP contribution in [0.4, 0.5) is 17.6 Å². The van der Waals surface area contributed by atoms with E-state index in [-0.39, 0.29) is 12.0 Å². The molecule has 6 nitrogen and oxygen atoms in total. The van der Waals surface area contributed by atoms with Crippen LogP contribution in [0.3, 0.4) is 0 Å². The van der Waals surface area contributed by atoms with E-state index < -0.39 is 0 Å². The number of nitrogens with two attached hydrogens (primary N) is 2. The molecule has 1 atom stereocenters. The van der Waals surface area contributed by atoms with Gasteiger partial charge in [0, 0.05) is 12.1 Å². The first-order valence-corrected chi connectivity index (χ1v) is 5.89. The molecule has 0 radical (unpaired) electrons. The van der Waals surface area contributed by atoms with Gasteiger partial charge in [0.1, 0.15) is 17.4 Å². The third kappa shape index (κ3) is 3.25. The number of rotatable bonds is 4. The lowest BCUT2D eigenvalue weighted by atomic mass is 10.1. The predicted molar refractivity (Wildman–Crippen MR) is 75.9 cm³/mol. The lowest BCUT2D eigenvalue weighted by Crippen LogP contribution is -2.10. The number of nitrogens with one attached hydrogen (secondary N) is 1. The molecule has 5 N–H and O–H groups in total. The zero-order chi connectivity index (χ0) is 13.8. The largest absolute Gasteiger partial charge is 0.497 e. The fourth-order valence-electron chi connectivity index (χ4n) is 1.76. The highest BCUT2D eigenvalue weighted by Gasteiger charge is 2.07. The molecule has 100 valence electrons. The Balaban J connectivity index is 2.13. The second-order valence-electron chi connectivity index (χ2n) is 4.18. The number of aromatic nitrogens is 2. The number of methoxy groups -OCH3 is 1. The number of ether oxygens (including phenoxy) is 1. The third-order valence-electron chi connectivity index (χ3n) is 2.74. The van der Waals surface area contributed by atoms with Crippen LogP contribution in [0, 0.1) is 0 Å². The Kier molecular flexibility index (Phi) is 3.70. The van der Waals surface area contributed by atoms with Gasteiger partial charge < -0.3 is 21.5 Å². The van der Waals surface area contributed by atoms with Crippen molar-refractivity contribution in [1.82, 2.24) is 9.97 Å². The molecule has 19 heavy (non-hydrogen) atoms. The molecule has 0 saturated carbocycles. The molecule has 0 fully saturated rings. The maximum absolute atomic E-state index is 5.62. The van der Waals surface area contributed by atoms with Crippen molar-refractivity contribution in [3.05, 3.63) is 35.9 Å². The molecule has 1 aromatic carbocycles. The van der Waals surface area contributed by atoms with Crippen molar-refractivity contribution in [2.24, 2.45) is 0 Å². The fourth-order valence-corrected chi connectivity index (χ4v) is 1.76. The van der Waals surface area contributed by atoms with Crippen molar-refractivity contribution in [1.29, 1.82) is 0 Å². The first kappa shape index (κ1) is 12.9. The van der Waals surface area contributed by atoms with E-state index in [0.29, 0.717) is 11.6 Å². The summed E-state index contributed by atoms with van der Waals surface area (Å²) in [5.41, 5.74) is 12.3. The van der Waals surface area contributed by atoms with E-state index in [0.717, 1.165) is 11.3 Å². The molecular weight excluding hydrogens is 242 g/mol. The van der Waals surface area contributed by atoms with E-state index in [1.54, 1.807) is 13.2 Å². The molecule has 1 aromatic heterocycles. The van der Waals surface area contributed by atoms with Crippen molar-refractivity contribution in [3.63, 3.8) is 0 Å². The van der Waals surface area contributed by atoms with E-state index >= 15 is 0 Å². The average molecular weight is 259 g/mol. The number of benzene rings is 1. The molecule has 0 spiro atoms. The Morgan fingerprint density at radius 3 is 2.42 bits per heavy atom. The minimum Gasteiger partial charge on any atom is -0.497 e. The van der Waals surface area contributed by atoms with E-state index in [1.165, 1.54) is 0 Å². The van der Waals surface area contributed by atoms with Gasteiger partial charge in [0.2, 0.25) is 5.95 Å². The van der Waals surface area contributed by atoms with Crippen LogP contribution in [0.5, 0.6) is 5.75 Å². The van der Waals surface area contributed by atoms with Crippen molar-refractivity contribution < 1.29 is 4.74 Å². The summed E-state index contributed by atoms with van der Waals surface area (Å²) in [5, 5.41) is 3.23. The van der Waals surface area contributed by atoms with Crippen LogP contribution < -0.4 is 21.5 Å². The molecule has 0 amide bonds. The minimum absolute atomic E-state index is 0.0691. The van der Waals surface area contributed by atoms with E-state index in [1.807, 2.05) is 31.2 Å². The van der Waals surface area contributed by atoms with Gasteiger partial charge in [-0.3, -0.25) is 0 Å². The second-order valence-corrected chi connectivity index (χ2v) is 4.18. The van der Waals surface area contributed by atoms with Gasteiger partial charge >= 0.3 is 0 Å². The first-order chi connectivity index (χ1) is 9.08. The predicted octanol–water partition coefficient (Wildman–Crippen LogP) is 1.82. The van der Waals surface area contributed by atoms with E-state index in [4.69, 9.17) is 16.2 Å². The van der Waals surface area contributed by atoms with Gasteiger partial charge in [-0.15, -0.1) is 0 Å². The van der Waals surface area contributed by atoms with E-state index in [2.05, 4.69) is 15.3 Å². The van der Waals surface area contributed by atoms with Gasteiger partial charge in [-0.05, 0) is 24.6 Å². The summed E-state index contributed by atoms with van der Waals surface area (Å²) in [6, 6.07) is 9.53. The fraction of sp³-hybridized carbons (Fsp3) is 0.231. The topological polar surface area (TPSA) is 99.1 Å². The number of hydrogen-bond donors (Lipinski definition) is 3. The molecule has 0 aliphatic rings. The lowest BCUT2D eigenvalue weighted by Gasteiger charge is -2.15. The zero-order valence-corrected chi connectivity index (χ0v) is 10.9. The molecule has 1 heterocycles. The summed E-state index contributed by atoms with van der Waals surface area (Å²) >= 11 is 0. The van der Waals surface area contributed by atoms with Gasteiger partial charge in [-0.1, -0.05) is 12.1 Å². The number of nitrogens with zero attached hydrogens (tertiary/aromatic N) is 2. The van der Waals surface area contributed by atoms with Gasteiger partial charge in [0.15, 0.2) is 0 Å². The van der Waals surface area contributed by atoms with Crippen molar-refractivity contribution >= 4 is 17.6 Å². The summed E-state index contributed by atoms with van der Waals surface area (Å²) in [6.07, 6.45) is 0. The van der Waals surface area contributed by atoms with Crippen LogP contribution in [0.15, 0.2) is 30.3 Å².